The molecule has 1 amide bonds. The van der Waals surface area contributed by atoms with Crippen molar-refractivity contribution in [3.05, 3.63) is 45.1 Å². The number of para-hydroxylation sites is 2. The van der Waals surface area contributed by atoms with Crippen molar-refractivity contribution >= 4 is 44.9 Å². The van der Waals surface area contributed by atoms with Gasteiger partial charge >= 0.3 is 0 Å². The normalized spacial score (nSPS) is 16.1. The molecule has 0 spiro atoms. The number of amides is 1. The zero-order chi connectivity index (χ0) is 16.1. The summed E-state index contributed by atoms with van der Waals surface area (Å²) >= 11 is 7.00. The SMILES string of the molecule is O=C(NCCSCc1ccc(Br)s1)[C@@H]1COc2ccccc2O1. The molecule has 0 radical (unpaired) electrons. The van der Waals surface area contributed by atoms with Crippen molar-refractivity contribution in [3.63, 3.8) is 0 Å². The van der Waals surface area contributed by atoms with Crippen molar-refractivity contribution < 1.29 is 14.3 Å². The Hall–Kier alpha value is -1.18. The fourth-order valence-corrected chi connectivity index (χ4v) is 4.56. The topological polar surface area (TPSA) is 47.6 Å². The first-order chi connectivity index (χ1) is 11.2. The van der Waals surface area contributed by atoms with Gasteiger partial charge in [-0.15, -0.1) is 11.3 Å². The van der Waals surface area contributed by atoms with Crippen molar-refractivity contribution in [1.82, 2.24) is 5.32 Å². The van der Waals surface area contributed by atoms with Gasteiger partial charge in [-0.2, -0.15) is 11.8 Å². The molecular weight excluding hydrogens is 398 g/mol. The number of carbonyl (C=O) groups excluding carboxylic acids is 1. The number of fused-ring (bicyclic) bond motifs is 1. The van der Waals surface area contributed by atoms with Gasteiger partial charge in [0.1, 0.15) is 6.61 Å². The molecule has 1 aliphatic rings. The molecule has 0 saturated carbocycles. The highest BCUT2D eigenvalue weighted by Gasteiger charge is 2.26. The van der Waals surface area contributed by atoms with Crippen LogP contribution in [0.4, 0.5) is 0 Å². The maximum absolute atomic E-state index is 12.1. The maximum atomic E-state index is 12.1. The first-order valence-corrected chi connectivity index (χ1v) is 9.97. The van der Waals surface area contributed by atoms with Crippen LogP contribution in [0.15, 0.2) is 40.2 Å². The zero-order valence-corrected chi connectivity index (χ0v) is 15.5. The Morgan fingerprint density at radius 2 is 2.13 bits per heavy atom. The van der Waals surface area contributed by atoms with E-state index in [0.717, 1.165) is 15.3 Å². The molecule has 0 unspecified atom stereocenters. The van der Waals surface area contributed by atoms with Gasteiger partial charge in [-0.05, 0) is 40.2 Å². The first kappa shape index (κ1) is 16.7. The molecule has 0 saturated heterocycles. The molecule has 1 N–H and O–H groups in total. The maximum Gasteiger partial charge on any atom is 0.264 e. The lowest BCUT2D eigenvalue weighted by atomic mass is 10.2. The highest BCUT2D eigenvalue weighted by molar-refractivity contribution is 9.11. The number of hydrogen-bond acceptors (Lipinski definition) is 5. The van der Waals surface area contributed by atoms with Crippen LogP contribution < -0.4 is 14.8 Å². The van der Waals surface area contributed by atoms with E-state index in [0.29, 0.717) is 18.0 Å². The van der Waals surface area contributed by atoms with Gasteiger partial charge in [-0.1, -0.05) is 12.1 Å². The van der Waals surface area contributed by atoms with Crippen LogP contribution in [-0.4, -0.2) is 30.9 Å². The summed E-state index contributed by atoms with van der Waals surface area (Å²) in [5, 5.41) is 2.90. The molecule has 1 aliphatic heterocycles. The molecule has 0 bridgehead atoms. The fourth-order valence-electron chi connectivity index (χ4n) is 2.11. The number of nitrogens with one attached hydrogen (secondary N) is 1. The van der Waals surface area contributed by atoms with E-state index in [9.17, 15) is 4.79 Å². The largest absolute Gasteiger partial charge is 0.485 e. The first-order valence-electron chi connectivity index (χ1n) is 7.20. The number of thioether (sulfide) groups is 1. The Balaban J connectivity index is 1.37. The number of rotatable bonds is 6. The predicted molar refractivity (Wildman–Crippen MR) is 97.5 cm³/mol. The highest BCUT2D eigenvalue weighted by Crippen LogP contribution is 2.30. The molecule has 4 nitrogen and oxygen atoms in total. The second kappa shape index (κ2) is 8.08. The van der Waals surface area contributed by atoms with E-state index in [2.05, 4.69) is 33.4 Å². The summed E-state index contributed by atoms with van der Waals surface area (Å²) in [4.78, 5) is 13.4. The van der Waals surface area contributed by atoms with E-state index in [-0.39, 0.29) is 12.5 Å². The highest BCUT2D eigenvalue weighted by atomic mass is 79.9. The third-order valence-electron chi connectivity index (χ3n) is 3.22. The van der Waals surface area contributed by atoms with Crippen molar-refractivity contribution in [2.24, 2.45) is 0 Å². The summed E-state index contributed by atoms with van der Waals surface area (Å²) in [6.45, 7) is 0.872. The summed E-state index contributed by atoms with van der Waals surface area (Å²) < 4.78 is 12.4. The molecule has 3 rings (SSSR count). The van der Waals surface area contributed by atoms with Gasteiger partial charge in [-0.25, -0.2) is 0 Å². The Morgan fingerprint density at radius 3 is 2.91 bits per heavy atom. The lowest BCUT2D eigenvalue weighted by molar-refractivity contribution is -0.130. The standard InChI is InChI=1S/C16H16BrNO3S2/c17-15-6-5-11(23-15)10-22-8-7-18-16(19)14-9-20-12-3-1-2-4-13(12)21-14/h1-6,14H,7-10H2,(H,18,19)/t14-/m0/s1. The number of benzene rings is 1. The summed E-state index contributed by atoms with van der Waals surface area (Å²) in [6, 6.07) is 11.6. The molecule has 1 aromatic heterocycles. The van der Waals surface area contributed by atoms with Gasteiger partial charge < -0.3 is 14.8 Å². The van der Waals surface area contributed by atoms with Crippen LogP contribution in [-0.2, 0) is 10.5 Å². The van der Waals surface area contributed by atoms with Crippen LogP contribution in [0.2, 0.25) is 0 Å². The third-order valence-corrected chi connectivity index (χ3v) is 6.03. The minimum atomic E-state index is -0.580. The fraction of sp³-hybridized carbons (Fsp3) is 0.312. The van der Waals surface area contributed by atoms with Crippen LogP contribution >= 0.6 is 39.0 Å². The number of ether oxygens (including phenoxy) is 2. The van der Waals surface area contributed by atoms with Crippen molar-refractivity contribution in [2.75, 3.05) is 18.9 Å². The molecule has 1 atom stereocenters. The summed E-state index contributed by atoms with van der Waals surface area (Å²) in [5.41, 5.74) is 0. The molecule has 2 heterocycles. The molecular formula is C16H16BrNO3S2. The smallest absolute Gasteiger partial charge is 0.264 e. The van der Waals surface area contributed by atoms with Gasteiger partial charge in [0.05, 0.1) is 3.79 Å². The molecule has 0 aliphatic carbocycles. The minimum Gasteiger partial charge on any atom is -0.485 e. The third kappa shape index (κ3) is 4.65. The lowest BCUT2D eigenvalue weighted by Crippen LogP contribution is -2.44. The van der Waals surface area contributed by atoms with Gasteiger partial charge in [0, 0.05) is 22.9 Å². The van der Waals surface area contributed by atoms with Crippen LogP contribution in [0, 0.1) is 0 Å². The second-order valence-electron chi connectivity index (χ2n) is 4.91. The van der Waals surface area contributed by atoms with Gasteiger partial charge in [0.15, 0.2) is 11.5 Å². The van der Waals surface area contributed by atoms with E-state index in [1.807, 2.05) is 24.3 Å². The van der Waals surface area contributed by atoms with E-state index in [4.69, 9.17) is 9.47 Å². The number of halogens is 1. The lowest BCUT2D eigenvalue weighted by Gasteiger charge is -2.25. The van der Waals surface area contributed by atoms with Crippen LogP contribution in [0.3, 0.4) is 0 Å². The second-order valence-corrected chi connectivity index (χ2v) is 8.57. The van der Waals surface area contributed by atoms with Gasteiger partial charge in [0.25, 0.3) is 5.91 Å². The summed E-state index contributed by atoms with van der Waals surface area (Å²) in [5.74, 6) is 3.01. The Bertz CT molecular complexity index is 677. The van der Waals surface area contributed by atoms with Crippen molar-refractivity contribution in [3.8, 4) is 11.5 Å². The van der Waals surface area contributed by atoms with Gasteiger partial charge in [0.2, 0.25) is 6.10 Å². The van der Waals surface area contributed by atoms with Crippen molar-refractivity contribution in [2.45, 2.75) is 11.9 Å². The Labute approximate surface area is 151 Å². The molecule has 23 heavy (non-hydrogen) atoms. The molecule has 1 aromatic carbocycles. The summed E-state index contributed by atoms with van der Waals surface area (Å²) in [7, 11) is 0. The quantitative estimate of drug-likeness (QED) is 0.733. The van der Waals surface area contributed by atoms with E-state index in [1.54, 1.807) is 23.1 Å². The van der Waals surface area contributed by atoms with Crippen LogP contribution in [0.5, 0.6) is 11.5 Å². The van der Waals surface area contributed by atoms with Crippen LogP contribution in [0.25, 0.3) is 0 Å². The van der Waals surface area contributed by atoms with Crippen molar-refractivity contribution in [1.29, 1.82) is 0 Å². The minimum absolute atomic E-state index is 0.126. The number of thiophene rings is 1. The summed E-state index contributed by atoms with van der Waals surface area (Å²) in [6.07, 6.45) is -0.580. The average Bonchev–Trinajstić information content (AvgIpc) is 2.99. The van der Waals surface area contributed by atoms with E-state index >= 15 is 0 Å². The molecule has 122 valence electrons. The molecule has 7 heteroatoms. The molecule has 2 aromatic rings. The number of carbonyl (C=O) groups is 1. The van der Waals surface area contributed by atoms with E-state index in [1.165, 1.54) is 4.88 Å². The van der Waals surface area contributed by atoms with E-state index < -0.39 is 6.10 Å². The number of hydrogen-bond donors (Lipinski definition) is 1. The Kier molecular flexibility index (Phi) is 5.85. The predicted octanol–water partition coefficient (Wildman–Crippen LogP) is 3.70. The Morgan fingerprint density at radius 1 is 1.30 bits per heavy atom. The average molecular weight is 414 g/mol. The monoisotopic (exact) mass is 413 g/mol. The van der Waals surface area contributed by atoms with Gasteiger partial charge in [-0.3, -0.25) is 4.79 Å². The zero-order valence-electron chi connectivity index (χ0n) is 12.3. The van der Waals surface area contributed by atoms with Crippen LogP contribution in [0.1, 0.15) is 4.88 Å². The molecule has 0 fully saturated rings.